The van der Waals surface area contributed by atoms with Gasteiger partial charge < -0.3 is 20.3 Å². The predicted octanol–water partition coefficient (Wildman–Crippen LogP) is 4.39. The van der Waals surface area contributed by atoms with Crippen LogP contribution in [-0.2, 0) is 13.0 Å². The van der Waals surface area contributed by atoms with Gasteiger partial charge in [-0.25, -0.2) is 0 Å². The molecule has 1 unspecified atom stereocenters. The Balaban J connectivity index is 1.35. The SMILES string of the molecule is COc1ccc2c(c1)CC[C@@H]1[C@@H]2CC[C@]2(C)[C@H](O)C(NCc3ccccc3O)C[C@@H]12. The van der Waals surface area contributed by atoms with Crippen molar-refractivity contribution in [1.82, 2.24) is 5.32 Å². The third-order valence-electron chi connectivity index (χ3n) is 8.48. The van der Waals surface area contributed by atoms with E-state index in [0.717, 1.165) is 37.0 Å². The van der Waals surface area contributed by atoms with Gasteiger partial charge in [0.25, 0.3) is 0 Å². The first-order valence-electron chi connectivity index (χ1n) is 11.4. The van der Waals surface area contributed by atoms with Gasteiger partial charge in [-0.1, -0.05) is 31.2 Å². The third-order valence-corrected chi connectivity index (χ3v) is 8.48. The first-order valence-corrected chi connectivity index (χ1v) is 11.4. The average molecular weight is 408 g/mol. The molecule has 0 saturated heterocycles. The Hall–Kier alpha value is -2.04. The average Bonchev–Trinajstić information content (AvgIpc) is 3.03. The van der Waals surface area contributed by atoms with E-state index in [2.05, 4.69) is 30.4 Å². The number of rotatable bonds is 4. The summed E-state index contributed by atoms with van der Waals surface area (Å²) >= 11 is 0. The second-order valence-corrected chi connectivity index (χ2v) is 9.82. The van der Waals surface area contributed by atoms with E-state index < -0.39 is 0 Å². The number of aromatic hydroxyl groups is 1. The highest BCUT2D eigenvalue weighted by atomic mass is 16.5. The van der Waals surface area contributed by atoms with E-state index in [9.17, 15) is 10.2 Å². The minimum Gasteiger partial charge on any atom is -0.508 e. The van der Waals surface area contributed by atoms with Gasteiger partial charge in [-0.2, -0.15) is 0 Å². The molecule has 2 aromatic carbocycles. The van der Waals surface area contributed by atoms with Gasteiger partial charge in [0, 0.05) is 18.2 Å². The van der Waals surface area contributed by atoms with Gasteiger partial charge in [0.2, 0.25) is 0 Å². The number of nitrogens with one attached hydrogen (secondary N) is 1. The minimum absolute atomic E-state index is 0.0263. The standard InChI is InChI=1S/C26H33NO3/c1-26-12-11-20-19-10-8-18(30-2)13-16(19)7-9-21(20)22(26)14-23(25(26)29)27-15-17-5-3-4-6-24(17)28/h3-6,8,10,13,20-23,25,27-29H,7,9,11-12,14-15H2,1-2H3/t20-,21-,22+,23?,25-,26+/m1/s1. The molecule has 160 valence electrons. The largest absolute Gasteiger partial charge is 0.508 e. The summed E-state index contributed by atoms with van der Waals surface area (Å²) in [7, 11) is 1.74. The van der Waals surface area contributed by atoms with Gasteiger partial charge in [-0.05, 0) is 84.6 Å². The Kier molecular flexibility index (Phi) is 5.03. The van der Waals surface area contributed by atoms with Crippen LogP contribution in [0.5, 0.6) is 11.5 Å². The highest BCUT2D eigenvalue weighted by Crippen LogP contribution is 2.61. The summed E-state index contributed by atoms with van der Waals surface area (Å²) in [6, 6.07) is 14.2. The van der Waals surface area contributed by atoms with Crippen molar-refractivity contribution >= 4 is 0 Å². The van der Waals surface area contributed by atoms with Crippen LogP contribution < -0.4 is 10.1 Å². The van der Waals surface area contributed by atoms with Gasteiger partial charge in [0.05, 0.1) is 13.2 Å². The van der Waals surface area contributed by atoms with Gasteiger partial charge in [-0.15, -0.1) is 0 Å². The second-order valence-electron chi connectivity index (χ2n) is 9.82. The van der Waals surface area contributed by atoms with Crippen molar-refractivity contribution < 1.29 is 14.9 Å². The minimum atomic E-state index is -0.341. The van der Waals surface area contributed by atoms with E-state index in [1.807, 2.05) is 18.2 Å². The fourth-order valence-corrected chi connectivity index (χ4v) is 6.80. The second kappa shape index (κ2) is 7.58. The van der Waals surface area contributed by atoms with Gasteiger partial charge in [0.15, 0.2) is 0 Å². The summed E-state index contributed by atoms with van der Waals surface area (Å²) < 4.78 is 5.44. The lowest BCUT2D eigenvalue weighted by molar-refractivity contribution is -0.0281. The number of benzene rings is 2. The Morgan fingerprint density at radius 1 is 1.17 bits per heavy atom. The molecule has 3 aliphatic rings. The number of fused-ring (bicyclic) bond motifs is 5. The van der Waals surface area contributed by atoms with Crippen molar-refractivity contribution in [3.05, 3.63) is 59.2 Å². The van der Waals surface area contributed by atoms with Crippen LogP contribution in [0.3, 0.4) is 0 Å². The molecule has 0 aromatic heterocycles. The topological polar surface area (TPSA) is 61.7 Å². The number of phenols is 1. The maximum absolute atomic E-state index is 11.3. The number of para-hydroxylation sites is 1. The number of aliphatic hydroxyl groups excluding tert-OH is 1. The van der Waals surface area contributed by atoms with Crippen molar-refractivity contribution in [3.63, 3.8) is 0 Å². The molecule has 0 amide bonds. The van der Waals surface area contributed by atoms with Crippen LogP contribution >= 0.6 is 0 Å². The van der Waals surface area contributed by atoms with Crippen LogP contribution in [0, 0.1) is 17.3 Å². The van der Waals surface area contributed by atoms with Crippen molar-refractivity contribution in [3.8, 4) is 11.5 Å². The van der Waals surface area contributed by atoms with E-state index in [1.54, 1.807) is 13.2 Å². The maximum atomic E-state index is 11.3. The number of aryl methyl sites for hydroxylation is 1. The van der Waals surface area contributed by atoms with Crippen LogP contribution in [0.4, 0.5) is 0 Å². The zero-order valence-corrected chi connectivity index (χ0v) is 18.0. The van der Waals surface area contributed by atoms with E-state index >= 15 is 0 Å². The summed E-state index contributed by atoms with van der Waals surface area (Å²) in [5.74, 6) is 3.04. The first kappa shape index (κ1) is 19.9. The van der Waals surface area contributed by atoms with Crippen LogP contribution in [0.25, 0.3) is 0 Å². The smallest absolute Gasteiger partial charge is 0.120 e. The van der Waals surface area contributed by atoms with Crippen LogP contribution in [-0.4, -0.2) is 29.5 Å². The summed E-state index contributed by atoms with van der Waals surface area (Å²) in [4.78, 5) is 0. The number of aliphatic hydroxyl groups is 1. The molecule has 3 N–H and O–H groups in total. The Bertz CT molecular complexity index is 928. The normalized spacial score (nSPS) is 34.7. The third kappa shape index (κ3) is 3.12. The summed E-state index contributed by atoms with van der Waals surface area (Å²) in [6.45, 7) is 2.90. The number of phenolic OH excluding ortho intramolecular Hbond substituents is 1. The summed E-state index contributed by atoms with van der Waals surface area (Å²) in [6.07, 6.45) is 5.20. The number of ether oxygens (including phenoxy) is 1. The molecule has 0 bridgehead atoms. The zero-order chi connectivity index (χ0) is 20.9. The van der Waals surface area contributed by atoms with E-state index in [-0.39, 0.29) is 17.6 Å². The molecule has 3 aliphatic carbocycles. The quantitative estimate of drug-likeness (QED) is 0.704. The monoisotopic (exact) mass is 407 g/mol. The lowest BCUT2D eigenvalue weighted by Crippen LogP contribution is -2.46. The fourth-order valence-electron chi connectivity index (χ4n) is 6.80. The molecule has 2 aromatic rings. The van der Waals surface area contributed by atoms with Crippen LogP contribution in [0.1, 0.15) is 55.2 Å². The molecule has 0 aliphatic heterocycles. The molecule has 2 fully saturated rings. The number of methoxy groups -OCH3 is 1. The molecule has 6 atom stereocenters. The summed E-state index contributed by atoms with van der Waals surface area (Å²) in [5, 5.41) is 25.0. The van der Waals surface area contributed by atoms with E-state index in [0.29, 0.717) is 30.0 Å². The van der Waals surface area contributed by atoms with Crippen LogP contribution in [0.15, 0.2) is 42.5 Å². The van der Waals surface area contributed by atoms with Gasteiger partial charge in [-0.3, -0.25) is 0 Å². The van der Waals surface area contributed by atoms with E-state index in [1.165, 1.54) is 17.5 Å². The molecule has 2 saturated carbocycles. The van der Waals surface area contributed by atoms with Crippen molar-refractivity contribution in [2.24, 2.45) is 17.3 Å². The van der Waals surface area contributed by atoms with Gasteiger partial charge >= 0.3 is 0 Å². The molecule has 4 nitrogen and oxygen atoms in total. The van der Waals surface area contributed by atoms with Crippen LogP contribution in [0.2, 0.25) is 0 Å². The Labute approximate surface area is 179 Å². The Morgan fingerprint density at radius 2 is 2.00 bits per heavy atom. The summed E-state index contributed by atoms with van der Waals surface area (Å²) in [5.41, 5.74) is 3.82. The molecule has 0 heterocycles. The number of hydrogen-bond donors (Lipinski definition) is 3. The van der Waals surface area contributed by atoms with Gasteiger partial charge in [0.1, 0.15) is 11.5 Å². The molecule has 0 radical (unpaired) electrons. The zero-order valence-electron chi connectivity index (χ0n) is 18.0. The maximum Gasteiger partial charge on any atom is 0.120 e. The molecular weight excluding hydrogens is 374 g/mol. The lowest BCUT2D eigenvalue weighted by atomic mass is 9.55. The van der Waals surface area contributed by atoms with Crippen molar-refractivity contribution in [2.75, 3.05) is 7.11 Å². The highest BCUT2D eigenvalue weighted by Gasteiger charge is 2.57. The fraction of sp³-hybridized carbons (Fsp3) is 0.538. The molecule has 5 rings (SSSR count). The lowest BCUT2D eigenvalue weighted by Gasteiger charge is -2.50. The molecule has 0 spiro atoms. The van der Waals surface area contributed by atoms with E-state index in [4.69, 9.17) is 4.74 Å². The highest BCUT2D eigenvalue weighted by molar-refractivity contribution is 5.41. The molecular formula is C26H33NO3. The number of hydrogen-bond acceptors (Lipinski definition) is 4. The van der Waals surface area contributed by atoms with Crippen molar-refractivity contribution in [1.29, 1.82) is 0 Å². The first-order chi connectivity index (χ1) is 14.5. The Morgan fingerprint density at radius 3 is 2.80 bits per heavy atom. The molecule has 4 heteroatoms. The molecule has 30 heavy (non-hydrogen) atoms. The van der Waals surface area contributed by atoms with Crippen molar-refractivity contribution in [2.45, 2.75) is 63.6 Å². The predicted molar refractivity (Wildman–Crippen MR) is 118 cm³/mol.